The smallest absolute Gasteiger partial charge is 0.252 e. The molecule has 0 radical (unpaired) electrons. The average molecular weight is 285 g/mol. The van der Waals surface area contributed by atoms with Gasteiger partial charge in [0.1, 0.15) is 0 Å². The van der Waals surface area contributed by atoms with E-state index in [0.29, 0.717) is 5.69 Å². The van der Waals surface area contributed by atoms with Gasteiger partial charge in [-0.1, -0.05) is 22.9 Å². The Labute approximate surface area is 104 Å². The van der Waals surface area contributed by atoms with Gasteiger partial charge in [-0.3, -0.25) is 0 Å². The van der Waals surface area contributed by atoms with Crippen molar-refractivity contribution < 1.29 is 13.5 Å². The number of hydrogen-bond donors (Lipinski definition) is 2. The molecule has 0 aliphatic carbocycles. The van der Waals surface area contributed by atoms with E-state index in [0.717, 1.165) is 11.3 Å². The Balaban J connectivity index is 3.09. The largest absolute Gasteiger partial charge is 0.394 e. The lowest BCUT2D eigenvalue weighted by atomic mass is 10.1. The van der Waals surface area contributed by atoms with Crippen molar-refractivity contribution in [1.82, 2.24) is 9.71 Å². The van der Waals surface area contributed by atoms with E-state index in [1.807, 2.05) is 0 Å². The number of sulfonamides is 1. The molecule has 1 rings (SSSR count). The van der Waals surface area contributed by atoms with Crippen LogP contribution in [-0.2, 0) is 10.0 Å². The molecule has 1 aromatic rings. The molecule has 0 amide bonds. The van der Waals surface area contributed by atoms with Gasteiger partial charge in [0.25, 0.3) is 10.0 Å². The lowest BCUT2D eigenvalue weighted by molar-refractivity contribution is 0.208. The van der Waals surface area contributed by atoms with E-state index in [4.69, 9.17) is 16.7 Å². The second-order valence-electron chi connectivity index (χ2n) is 3.99. The molecule has 8 heteroatoms. The summed E-state index contributed by atoms with van der Waals surface area (Å²) in [4.78, 5) is 3.84. The van der Waals surface area contributed by atoms with E-state index in [9.17, 15) is 8.42 Å². The molecule has 0 aliphatic heterocycles. The number of thiazole rings is 1. The molecule has 0 spiro atoms. The standard InChI is InChI=1S/C8H13ClN2O3S2/c1-5-6(15-7(9)10-5)16(13,14)11-8(2,3)4-12/h11-12H,4H2,1-3H3. The van der Waals surface area contributed by atoms with Gasteiger partial charge < -0.3 is 5.11 Å². The topological polar surface area (TPSA) is 79.3 Å². The Kier molecular flexibility index (Phi) is 3.96. The summed E-state index contributed by atoms with van der Waals surface area (Å²) >= 11 is 6.54. The number of nitrogens with one attached hydrogen (secondary N) is 1. The fraction of sp³-hybridized carbons (Fsp3) is 0.625. The van der Waals surface area contributed by atoms with Crippen molar-refractivity contribution in [2.24, 2.45) is 0 Å². The first kappa shape index (κ1) is 13.9. The van der Waals surface area contributed by atoms with Crippen LogP contribution in [0.25, 0.3) is 0 Å². The minimum absolute atomic E-state index is 0.0824. The fourth-order valence-electron chi connectivity index (χ4n) is 1.04. The average Bonchev–Trinajstić information content (AvgIpc) is 2.44. The lowest BCUT2D eigenvalue weighted by Gasteiger charge is -2.22. The maximum absolute atomic E-state index is 11.9. The van der Waals surface area contributed by atoms with Crippen molar-refractivity contribution in [3.63, 3.8) is 0 Å². The zero-order valence-electron chi connectivity index (χ0n) is 9.11. The monoisotopic (exact) mass is 284 g/mol. The molecule has 1 aromatic heterocycles. The lowest BCUT2D eigenvalue weighted by Crippen LogP contribution is -2.46. The van der Waals surface area contributed by atoms with Gasteiger partial charge in [-0.15, -0.1) is 0 Å². The molecule has 92 valence electrons. The normalized spacial score (nSPS) is 13.1. The molecule has 0 unspecified atom stereocenters. The summed E-state index contributed by atoms with van der Waals surface area (Å²) in [6, 6.07) is 0. The molecule has 0 fully saturated rings. The molecule has 0 bridgehead atoms. The summed E-state index contributed by atoms with van der Waals surface area (Å²) in [6.07, 6.45) is 0. The van der Waals surface area contributed by atoms with Gasteiger partial charge in [0.15, 0.2) is 8.68 Å². The Morgan fingerprint density at radius 3 is 2.50 bits per heavy atom. The summed E-state index contributed by atoms with van der Waals surface area (Å²) in [6.45, 7) is 4.45. The van der Waals surface area contributed by atoms with Crippen LogP contribution < -0.4 is 4.72 Å². The predicted molar refractivity (Wildman–Crippen MR) is 63.3 cm³/mol. The minimum Gasteiger partial charge on any atom is -0.394 e. The Hall–Kier alpha value is -0.210. The molecule has 0 saturated heterocycles. The molecule has 0 saturated carbocycles. The molecule has 0 atom stereocenters. The highest BCUT2D eigenvalue weighted by Gasteiger charge is 2.28. The number of aliphatic hydroxyl groups is 1. The van der Waals surface area contributed by atoms with Crippen molar-refractivity contribution in [2.75, 3.05) is 6.61 Å². The van der Waals surface area contributed by atoms with Gasteiger partial charge in [-0.2, -0.15) is 0 Å². The van der Waals surface area contributed by atoms with Gasteiger partial charge in [0, 0.05) is 0 Å². The number of nitrogens with zero attached hydrogens (tertiary/aromatic N) is 1. The Bertz CT molecular complexity index is 481. The van der Waals surface area contributed by atoms with E-state index >= 15 is 0 Å². The molecular formula is C8H13ClN2O3S2. The van der Waals surface area contributed by atoms with Crippen molar-refractivity contribution in [1.29, 1.82) is 0 Å². The first-order valence-corrected chi connectivity index (χ1v) is 7.13. The molecule has 2 N–H and O–H groups in total. The summed E-state index contributed by atoms with van der Waals surface area (Å²) in [5.41, 5.74) is -0.557. The highest BCUT2D eigenvalue weighted by Crippen LogP contribution is 2.27. The van der Waals surface area contributed by atoms with Gasteiger partial charge >= 0.3 is 0 Å². The highest BCUT2D eigenvalue weighted by atomic mass is 35.5. The minimum atomic E-state index is -3.68. The number of aromatic nitrogens is 1. The summed E-state index contributed by atoms with van der Waals surface area (Å²) in [5, 5.41) is 9.01. The maximum atomic E-state index is 11.9. The van der Waals surface area contributed by atoms with E-state index in [1.54, 1.807) is 20.8 Å². The fourth-order valence-corrected chi connectivity index (χ4v) is 4.19. The second kappa shape index (κ2) is 4.58. The molecule has 1 heterocycles. The van der Waals surface area contributed by atoms with Gasteiger partial charge in [-0.25, -0.2) is 18.1 Å². The number of aliphatic hydroxyl groups excluding tert-OH is 1. The molecular weight excluding hydrogens is 272 g/mol. The summed E-state index contributed by atoms with van der Waals surface area (Å²) < 4.78 is 26.5. The Morgan fingerprint density at radius 2 is 2.12 bits per heavy atom. The first-order chi connectivity index (χ1) is 7.18. The predicted octanol–water partition coefficient (Wildman–Crippen LogP) is 1.15. The quantitative estimate of drug-likeness (QED) is 0.869. The van der Waals surface area contributed by atoms with Crippen molar-refractivity contribution in [2.45, 2.75) is 30.5 Å². The number of aryl methyl sites for hydroxylation is 1. The van der Waals surface area contributed by atoms with Crippen LogP contribution >= 0.6 is 22.9 Å². The maximum Gasteiger partial charge on any atom is 0.252 e. The third kappa shape index (κ3) is 3.14. The van der Waals surface area contributed by atoms with Crippen LogP contribution in [-0.4, -0.2) is 30.7 Å². The van der Waals surface area contributed by atoms with Crippen LogP contribution in [0.2, 0.25) is 4.47 Å². The van der Waals surface area contributed by atoms with Crippen molar-refractivity contribution in [3.8, 4) is 0 Å². The third-order valence-corrected chi connectivity index (χ3v) is 5.35. The zero-order valence-corrected chi connectivity index (χ0v) is 11.5. The van der Waals surface area contributed by atoms with Gasteiger partial charge in [0.05, 0.1) is 17.8 Å². The van der Waals surface area contributed by atoms with Crippen molar-refractivity contribution in [3.05, 3.63) is 10.2 Å². The van der Waals surface area contributed by atoms with Crippen LogP contribution in [0.4, 0.5) is 0 Å². The van der Waals surface area contributed by atoms with Crippen LogP contribution in [0.1, 0.15) is 19.5 Å². The van der Waals surface area contributed by atoms with E-state index in [2.05, 4.69) is 9.71 Å². The van der Waals surface area contributed by atoms with E-state index < -0.39 is 15.6 Å². The number of halogens is 1. The molecule has 0 aliphatic rings. The molecule has 16 heavy (non-hydrogen) atoms. The van der Waals surface area contributed by atoms with Crippen molar-refractivity contribution >= 4 is 33.0 Å². The Morgan fingerprint density at radius 1 is 1.56 bits per heavy atom. The van der Waals surface area contributed by atoms with Gasteiger partial charge in [0.2, 0.25) is 0 Å². The zero-order chi connectivity index (χ0) is 12.6. The number of rotatable bonds is 4. The second-order valence-corrected chi connectivity index (χ2v) is 7.45. The van der Waals surface area contributed by atoms with Crippen LogP contribution in [0, 0.1) is 6.92 Å². The SMILES string of the molecule is Cc1nc(Cl)sc1S(=O)(=O)NC(C)(C)CO. The summed E-state index contributed by atoms with van der Waals surface area (Å²) in [5.74, 6) is 0. The summed E-state index contributed by atoms with van der Waals surface area (Å²) in [7, 11) is -3.68. The van der Waals surface area contributed by atoms with Crippen LogP contribution in [0.15, 0.2) is 4.21 Å². The van der Waals surface area contributed by atoms with Crippen LogP contribution in [0.3, 0.4) is 0 Å². The van der Waals surface area contributed by atoms with E-state index in [1.165, 1.54) is 0 Å². The van der Waals surface area contributed by atoms with Gasteiger partial charge in [-0.05, 0) is 20.8 Å². The van der Waals surface area contributed by atoms with E-state index in [-0.39, 0.29) is 15.3 Å². The van der Waals surface area contributed by atoms with Crippen LogP contribution in [0.5, 0.6) is 0 Å². The third-order valence-electron chi connectivity index (χ3n) is 1.78. The molecule has 5 nitrogen and oxygen atoms in total. The highest BCUT2D eigenvalue weighted by molar-refractivity contribution is 7.91. The molecule has 0 aromatic carbocycles. The number of hydrogen-bond acceptors (Lipinski definition) is 5. The first-order valence-electron chi connectivity index (χ1n) is 4.46.